The summed E-state index contributed by atoms with van der Waals surface area (Å²) in [5.41, 5.74) is 2.06. The molecule has 1 saturated carbocycles. The molecule has 10 heteroatoms. The van der Waals surface area contributed by atoms with E-state index in [0.717, 1.165) is 31.2 Å². The van der Waals surface area contributed by atoms with Crippen LogP contribution in [0.25, 0.3) is 0 Å². The molecule has 32 heavy (non-hydrogen) atoms. The number of carbonyl (C=O) groups is 3. The SMILES string of the molecule is CCOC(=O)c1c(C2CC2)csc1NC(=O)CN1CCC(NC(=O)c2cnn(C)c2)CC1. The smallest absolute Gasteiger partial charge is 0.341 e. The molecule has 3 heterocycles. The number of carbonyl (C=O) groups excluding carboxylic acids is 3. The van der Waals surface area contributed by atoms with E-state index < -0.39 is 0 Å². The van der Waals surface area contributed by atoms with Crippen molar-refractivity contribution in [3.8, 4) is 0 Å². The van der Waals surface area contributed by atoms with Gasteiger partial charge in [0.25, 0.3) is 5.91 Å². The Morgan fingerprint density at radius 3 is 2.59 bits per heavy atom. The van der Waals surface area contributed by atoms with E-state index in [1.54, 1.807) is 31.0 Å². The van der Waals surface area contributed by atoms with Gasteiger partial charge in [-0.15, -0.1) is 11.3 Å². The summed E-state index contributed by atoms with van der Waals surface area (Å²) in [6, 6.07) is 0.0795. The lowest BCUT2D eigenvalue weighted by molar-refractivity contribution is -0.117. The summed E-state index contributed by atoms with van der Waals surface area (Å²) in [6.45, 7) is 3.77. The topological polar surface area (TPSA) is 106 Å². The molecule has 0 spiro atoms. The van der Waals surface area contributed by atoms with Crippen LogP contribution in [0, 0.1) is 0 Å². The van der Waals surface area contributed by atoms with E-state index >= 15 is 0 Å². The van der Waals surface area contributed by atoms with Gasteiger partial charge in [-0.3, -0.25) is 19.2 Å². The molecule has 1 aliphatic heterocycles. The Labute approximate surface area is 191 Å². The van der Waals surface area contributed by atoms with Gasteiger partial charge in [-0.1, -0.05) is 0 Å². The average molecular weight is 460 g/mol. The third-order valence-corrected chi connectivity index (χ3v) is 6.74. The van der Waals surface area contributed by atoms with Gasteiger partial charge in [-0.25, -0.2) is 4.79 Å². The molecule has 0 radical (unpaired) electrons. The number of piperidine rings is 1. The molecule has 172 valence electrons. The number of likely N-dealkylation sites (tertiary alicyclic amines) is 1. The number of ether oxygens (including phenoxy) is 1. The Morgan fingerprint density at radius 2 is 1.97 bits per heavy atom. The van der Waals surface area contributed by atoms with Gasteiger partial charge in [0.15, 0.2) is 0 Å². The van der Waals surface area contributed by atoms with Crippen molar-refractivity contribution in [3.63, 3.8) is 0 Å². The van der Waals surface area contributed by atoms with Gasteiger partial charge >= 0.3 is 5.97 Å². The van der Waals surface area contributed by atoms with Crippen LogP contribution in [-0.2, 0) is 16.6 Å². The van der Waals surface area contributed by atoms with Crippen LogP contribution in [0.15, 0.2) is 17.8 Å². The largest absolute Gasteiger partial charge is 0.462 e. The highest BCUT2D eigenvalue weighted by molar-refractivity contribution is 7.15. The summed E-state index contributed by atoms with van der Waals surface area (Å²) < 4.78 is 6.82. The highest BCUT2D eigenvalue weighted by Gasteiger charge is 2.32. The van der Waals surface area contributed by atoms with Gasteiger partial charge in [0, 0.05) is 32.4 Å². The van der Waals surface area contributed by atoms with Crippen LogP contribution in [0.5, 0.6) is 0 Å². The predicted octanol–water partition coefficient (Wildman–Crippen LogP) is 2.37. The number of thiophene rings is 1. The van der Waals surface area contributed by atoms with Gasteiger partial charge in [0.2, 0.25) is 5.91 Å². The van der Waals surface area contributed by atoms with E-state index in [2.05, 4.69) is 20.6 Å². The minimum atomic E-state index is -0.365. The fourth-order valence-corrected chi connectivity index (χ4v) is 5.03. The van der Waals surface area contributed by atoms with E-state index in [4.69, 9.17) is 4.74 Å². The monoisotopic (exact) mass is 459 g/mol. The van der Waals surface area contributed by atoms with Crippen LogP contribution < -0.4 is 10.6 Å². The minimum Gasteiger partial charge on any atom is -0.462 e. The number of aromatic nitrogens is 2. The molecular formula is C22H29N5O4S. The van der Waals surface area contributed by atoms with Crippen molar-refractivity contribution in [1.82, 2.24) is 20.0 Å². The summed E-state index contributed by atoms with van der Waals surface area (Å²) in [4.78, 5) is 39.5. The molecule has 0 bridgehead atoms. The summed E-state index contributed by atoms with van der Waals surface area (Å²) in [7, 11) is 1.78. The zero-order valence-electron chi connectivity index (χ0n) is 18.4. The first-order valence-corrected chi connectivity index (χ1v) is 11.9. The Balaban J connectivity index is 1.27. The summed E-state index contributed by atoms with van der Waals surface area (Å²) in [6.07, 6.45) is 6.94. The predicted molar refractivity (Wildman–Crippen MR) is 121 cm³/mol. The first kappa shape index (κ1) is 22.5. The zero-order chi connectivity index (χ0) is 22.7. The number of esters is 1. The van der Waals surface area contributed by atoms with Crippen molar-refractivity contribution in [2.24, 2.45) is 7.05 Å². The minimum absolute atomic E-state index is 0.0795. The first-order chi connectivity index (χ1) is 15.4. The molecule has 2 aliphatic rings. The third kappa shape index (κ3) is 5.36. The first-order valence-electron chi connectivity index (χ1n) is 11.0. The van der Waals surface area contributed by atoms with Gasteiger partial charge in [0.1, 0.15) is 5.00 Å². The van der Waals surface area contributed by atoms with E-state index in [0.29, 0.717) is 41.7 Å². The second-order valence-corrected chi connectivity index (χ2v) is 9.24. The van der Waals surface area contributed by atoms with Crippen LogP contribution in [-0.4, -0.2) is 64.7 Å². The Bertz CT molecular complexity index is 988. The van der Waals surface area contributed by atoms with Crippen molar-refractivity contribution < 1.29 is 19.1 Å². The van der Waals surface area contributed by atoms with E-state index in [9.17, 15) is 14.4 Å². The molecule has 2 aromatic heterocycles. The fourth-order valence-electron chi connectivity index (χ4n) is 3.98. The average Bonchev–Trinajstić information content (AvgIpc) is 3.38. The van der Waals surface area contributed by atoms with E-state index in [1.807, 2.05) is 5.38 Å². The Kier molecular flexibility index (Phi) is 6.90. The van der Waals surface area contributed by atoms with Gasteiger partial charge < -0.3 is 15.4 Å². The number of anilines is 1. The molecule has 2 fully saturated rings. The Morgan fingerprint density at radius 1 is 1.22 bits per heavy atom. The van der Waals surface area contributed by atoms with Crippen molar-refractivity contribution in [3.05, 3.63) is 34.5 Å². The van der Waals surface area contributed by atoms with E-state index in [1.165, 1.54) is 11.3 Å². The summed E-state index contributed by atoms with van der Waals surface area (Å²) >= 11 is 1.39. The molecule has 0 aromatic carbocycles. The maximum atomic E-state index is 12.7. The number of rotatable bonds is 8. The van der Waals surface area contributed by atoms with Gasteiger partial charge in [-0.05, 0) is 49.5 Å². The second kappa shape index (κ2) is 9.83. The molecule has 0 atom stereocenters. The van der Waals surface area contributed by atoms with Crippen LogP contribution >= 0.6 is 11.3 Å². The standard InChI is InChI=1S/C22H29N5O4S/c1-3-31-22(30)19-17(14-4-5-14)13-32-21(19)25-18(28)12-27-8-6-16(7-9-27)24-20(29)15-10-23-26(2)11-15/h10-11,13-14,16H,3-9,12H2,1-2H3,(H,24,29)(H,25,28). The highest BCUT2D eigenvalue weighted by atomic mass is 32.1. The van der Waals surface area contributed by atoms with Crippen LogP contribution in [0.3, 0.4) is 0 Å². The van der Waals surface area contributed by atoms with Crippen molar-refractivity contribution in [2.45, 2.75) is 44.6 Å². The van der Waals surface area contributed by atoms with Crippen molar-refractivity contribution >= 4 is 34.1 Å². The van der Waals surface area contributed by atoms with Gasteiger partial charge in [-0.2, -0.15) is 5.10 Å². The molecule has 2 N–H and O–H groups in total. The lowest BCUT2D eigenvalue weighted by Gasteiger charge is -2.31. The molecule has 0 unspecified atom stereocenters. The summed E-state index contributed by atoms with van der Waals surface area (Å²) in [5, 5.41) is 12.5. The summed E-state index contributed by atoms with van der Waals surface area (Å²) in [5.74, 6) is -0.226. The molecule has 9 nitrogen and oxygen atoms in total. The number of nitrogens with one attached hydrogen (secondary N) is 2. The van der Waals surface area contributed by atoms with E-state index in [-0.39, 0.29) is 30.4 Å². The number of amides is 2. The molecule has 2 amide bonds. The van der Waals surface area contributed by atoms with Gasteiger partial charge in [0.05, 0.1) is 30.5 Å². The number of hydrogen-bond donors (Lipinski definition) is 2. The van der Waals surface area contributed by atoms with Crippen LogP contribution in [0.1, 0.15) is 64.8 Å². The molecule has 2 aromatic rings. The lowest BCUT2D eigenvalue weighted by Crippen LogP contribution is -2.46. The Hall–Kier alpha value is -2.72. The maximum absolute atomic E-state index is 12.7. The molecule has 1 aliphatic carbocycles. The lowest BCUT2D eigenvalue weighted by atomic mass is 10.0. The molecule has 1 saturated heterocycles. The van der Waals surface area contributed by atoms with Crippen molar-refractivity contribution in [2.75, 3.05) is 31.6 Å². The van der Waals surface area contributed by atoms with Crippen molar-refractivity contribution in [1.29, 1.82) is 0 Å². The van der Waals surface area contributed by atoms with Crippen LogP contribution in [0.2, 0.25) is 0 Å². The second-order valence-electron chi connectivity index (χ2n) is 8.36. The quantitative estimate of drug-likeness (QED) is 0.587. The number of hydrogen-bond acceptors (Lipinski definition) is 7. The fraction of sp³-hybridized carbons (Fsp3) is 0.545. The molecule has 4 rings (SSSR count). The third-order valence-electron chi connectivity index (χ3n) is 5.83. The number of aryl methyl sites for hydroxylation is 1. The maximum Gasteiger partial charge on any atom is 0.341 e. The molecular weight excluding hydrogens is 430 g/mol. The number of nitrogens with zero attached hydrogens (tertiary/aromatic N) is 3. The normalized spacial score (nSPS) is 17.2. The zero-order valence-corrected chi connectivity index (χ0v) is 19.2. The highest BCUT2D eigenvalue weighted by Crippen LogP contribution is 2.46. The van der Waals surface area contributed by atoms with Crippen LogP contribution in [0.4, 0.5) is 5.00 Å².